The number of carbonyl (C=O) groups excluding carboxylic acids is 2. The number of anilines is 1. The van der Waals surface area contributed by atoms with Crippen LogP contribution in [-0.4, -0.2) is 34.5 Å². The molecule has 2 aliphatic rings. The summed E-state index contributed by atoms with van der Waals surface area (Å²) in [5.41, 5.74) is 3.89. The normalized spacial score (nSPS) is 20.1. The molecule has 1 saturated heterocycles. The van der Waals surface area contributed by atoms with E-state index in [9.17, 15) is 14.7 Å². The van der Waals surface area contributed by atoms with Gasteiger partial charge in [0.25, 0.3) is 5.78 Å². The van der Waals surface area contributed by atoms with E-state index < -0.39 is 17.7 Å². The lowest BCUT2D eigenvalue weighted by Gasteiger charge is -2.23. The number of Topliss-reactive ketones (excluding diaryl/α,β-unsaturated/α-hetero) is 1. The third kappa shape index (κ3) is 4.01. The number of aryl methyl sites for hydroxylation is 1. The number of carbonyl (C=O) groups is 2. The van der Waals surface area contributed by atoms with Crippen molar-refractivity contribution in [2.24, 2.45) is 0 Å². The molecule has 0 radical (unpaired) electrons. The fourth-order valence-corrected chi connectivity index (χ4v) is 6.22. The molecule has 0 bridgehead atoms. The Bertz CT molecular complexity index is 1640. The summed E-state index contributed by atoms with van der Waals surface area (Å²) >= 11 is 1.34. The van der Waals surface area contributed by atoms with Gasteiger partial charge in [-0.1, -0.05) is 29.5 Å². The first kappa shape index (κ1) is 24.2. The number of hydrogen-bond acceptors (Lipinski definition) is 7. The molecule has 192 valence electrons. The molecule has 1 fully saturated rings. The zero-order chi connectivity index (χ0) is 26.6. The first-order chi connectivity index (χ1) is 18.3. The van der Waals surface area contributed by atoms with Crippen LogP contribution in [0.25, 0.3) is 16.0 Å². The zero-order valence-electron chi connectivity index (χ0n) is 21.2. The van der Waals surface area contributed by atoms with Gasteiger partial charge in [-0.15, -0.1) is 0 Å². The maximum atomic E-state index is 13.6. The first-order valence-electron chi connectivity index (χ1n) is 12.5. The predicted molar refractivity (Wildman–Crippen MR) is 147 cm³/mol. The van der Waals surface area contributed by atoms with Gasteiger partial charge in [0.15, 0.2) is 5.13 Å². The molecule has 2 aliphatic heterocycles. The summed E-state index contributed by atoms with van der Waals surface area (Å²) in [6.45, 7) is 6.33. The minimum Gasteiger partial charge on any atom is -0.507 e. The molecule has 2 unspecified atom stereocenters. The van der Waals surface area contributed by atoms with E-state index in [-0.39, 0.29) is 17.4 Å². The highest BCUT2D eigenvalue weighted by Crippen LogP contribution is 2.45. The number of aliphatic hydroxyl groups is 1. The number of thiazole rings is 1. The standard InChI is InChI=1S/C30H26N2O5S/c1-4-36-21-7-5-6-18(15-21)26-25(27(33)19-9-11-23-20(14-19)13-17(3)37-23)28(34)29(35)32(26)30-31-22-10-8-16(2)12-24(22)38-30/h5-12,14-15,17,26,33H,4,13H2,1-3H3/b27-25+. The van der Waals surface area contributed by atoms with Gasteiger partial charge in [-0.05, 0) is 79.9 Å². The summed E-state index contributed by atoms with van der Waals surface area (Å²) in [6.07, 6.45) is 0.743. The van der Waals surface area contributed by atoms with Gasteiger partial charge in [-0.25, -0.2) is 4.98 Å². The summed E-state index contributed by atoms with van der Waals surface area (Å²) in [7, 11) is 0. The van der Waals surface area contributed by atoms with Crippen LogP contribution in [0, 0.1) is 6.92 Å². The van der Waals surface area contributed by atoms with Crippen molar-refractivity contribution in [2.45, 2.75) is 39.3 Å². The summed E-state index contributed by atoms with van der Waals surface area (Å²) in [6, 6.07) is 17.6. The minimum atomic E-state index is -0.875. The molecule has 38 heavy (non-hydrogen) atoms. The van der Waals surface area contributed by atoms with Gasteiger partial charge in [0.1, 0.15) is 23.4 Å². The quantitative estimate of drug-likeness (QED) is 0.196. The molecule has 1 N–H and O–H groups in total. The minimum absolute atomic E-state index is 0.0194. The maximum Gasteiger partial charge on any atom is 0.301 e. The summed E-state index contributed by atoms with van der Waals surface area (Å²) in [5, 5.41) is 11.9. The average molecular weight is 527 g/mol. The van der Waals surface area contributed by atoms with Gasteiger partial charge in [-0.3, -0.25) is 14.5 Å². The number of ketones is 1. The van der Waals surface area contributed by atoms with Crippen LogP contribution < -0.4 is 14.4 Å². The van der Waals surface area contributed by atoms with Crippen molar-refractivity contribution < 1.29 is 24.2 Å². The van der Waals surface area contributed by atoms with Gasteiger partial charge >= 0.3 is 5.91 Å². The number of aliphatic hydroxyl groups excluding tert-OH is 1. The van der Waals surface area contributed by atoms with Crippen molar-refractivity contribution in [3.8, 4) is 11.5 Å². The lowest BCUT2D eigenvalue weighted by Crippen LogP contribution is -2.29. The second-order valence-corrected chi connectivity index (χ2v) is 10.6. The van der Waals surface area contributed by atoms with Crippen LogP contribution in [0.1, 0.15) is 42.1 Å². The van der Waals surface area contributed by atoms with Crippen LogP contribution in [0.3, 0.4) is 0 Å². The lowest BCUT2D eigenvalue weighted by molar-refractivity contribution is -0.132. The summed E-state index contributed by atoms with van der Waals surface area (Å²) in [4.78, 5) is 33.2. The number of ether oxygens (including phenoxy) is 2. The van der Waals surface area contributed by atoms with E-state index in [0.717, 1.165) is 27.1 Å². The number of nitrogens with zero attached hydrogens (tertiary/aromatic N) is 2. The van der Waals surface area contributed by atoms with Crippen molar-refractivity contribution in [1.29, 1.82) is 0 Å². The molecule has 3 heterocycles. The van der Waals surface area contributed by atoms with Crippen molar-refractivity contribution in [3.05, 3.63) is 88.5 Å². The Morgan fingerprint density at radius 2 is 2.00 bits per heavy atom. The van der Waals surface area contributed by atoms with Gasteiger partial charge in [0.2, 0.25) is 0 Å². The first-order valence-corrected chi connectivity index (χ1v) is 13.4. The molecule has 1 amide bonds. The van der Waals surface area contributed by atoms with Gasteiger partial charge in [0.05, 0.1) is 28.4 Å². The van der Waals surface area contributed by atoms with Crippen LogP contribution in [0.2, 0.25) is 0 Å². The Morgan fingerprint density at radius 1 is 1.16 bits per heavy atom. The van der Waals surface area contributed by atoms with E-state index >= 15 is 0 Å². The van der Waals surface area contributed by atoms with E-state index in [0.29, 0.717) is 35.0 Å². The van der Waals surface area contributed by atoms with Gasteiger partial charge in [-0.2, -0.15) is 0 Å². The Morgan fingerprint density at radius 3 is 2.82 bits per heavy atom. The monoisotopic (exact) mass is 526 g/mol. The smallest absolute Gasteiger partial charge is 0.301 e. The topological polar surface area (TPSA) is 89.0 Å². The van der Waals surface area contributed by atoms with Gasteiger partial charge < -0.3 is 14.6 Å². The Hall–Kier alpha value is -4.17. The second kappa shape index (κ2) is 9.29. The largest absolute Gasteiger partial charge is 0.507 e. The molecule has 6 rings (SSSR count). The second-order valence-electron chi connectivity index (χ2n) is 9.60. The molecule has 4 aromatic rings. The van der Waals surface area contributed by atoms with Crippen LogP contribution in [-0.2, 0) is 16.0 Å². The van der Waals surface area contributed by atoms with E-state index in [1.807, 2.05) is 63.2 Å². The number of amides is 1. The molecule has 0 aliphatic carbocycles. The number of aromatic nitrogens is 1. The van der Waals surface area contributed by atoms with Crippen molar-refractivity contribution in [1.82, 2.24) is 4.98 Å². The summed E-state index contributed by atoms with van der Waals surface area (Å²) < 4.78 is 12.4. The Labute approximate surface area is 224 Å². The van der Waals surface area contributed by atoms with Gasteiger partial charge in [0, 0.05) is 12.0 Å². The van der Waals surface area contributed by atoms with Crippen molar-refractivity contribution in [2.75, 3.05) is 11.5 Å². The lowest BCUT2D eigenvalue weighted by atomic mass is 9.94. The van der Waals surface area contributed by atoms with Crippen LogP contribution in [0.5, 0.6) is 11.5 Å². The van der Waals surface area contributed by atoms with E-state index in [2.05, 4.69) is 0 Å². The predicted octanol–water partition coefficient (Wildman–Crippen LogP) is 5.95. The molecular weight excluding hydrogens is 500 g/mol. The fourth-order valence-electron chi connectivity index (χ4n) is 5.13. The highest BCUT2D eigenvalue weighted by molar-refractivity contribution is 7.22. The van der Waals surface area contributed by atoms with Crippen molar-refractivity contribution in [3.63, 3.8) is 0 Å². The van der Waals surface area contributed by atoms with E-state index in [1.54, 1.807) is 18.2 Å². The average Bonchev–Trinajstić information content (AvgIpc) is 3.56. The van der Waals surface area contributed by atoms with E-state index in [4.69, 9.17) is 14.5 Å². The number of benzene rings is 3. The summed E-state index contributed by atoms with van der Waals surface area (Å²) in [5.74, 6) is -0.335. The molecule has 0 saturated carbocycles. The highest BCUT2D eigenvalue weighted by atomic mass is 32.1. The molecular formula is C30H26N2O5S. The number of rotatable bonds is 5. The maximum absolute atomic E-state index is 13.6. The molecule has 3 aromatic carbocycles. The van der Waals surface area contributed by atoms with Crippen molar-refractivity contribution >= 4 is 44.1 Å². The highest BCUT2D eigenvalue weighted by Gasteiger charge is 2.48. The SMILES string of the molecule is CCOc1cccc(C2/C(=C(\O)c3ccc4c(c3)CC(C)O4)C(=O)C(=O)N2c2nc3ccc(C)cc3s2)c1. The van der Waals surface area contributed by atoms with Crippen LogP contribution >= 0.6 is 11.3 Å². The third-order valence-corrected chi connectivity index (χ3v) is 7.85. The molecule has 1 aromatic heterocycles. The molecule has 7 nitrogen and oxygen atoms in total. The molecule has 0 spiro atoms. The number of fused-ring (bicyclic) bond motifs is 2. The number of hydrogen-bond donors (Lipinski definition) is 1. The molecule has 2 atom stereocenters. The molecule has 8 heteroatoms. The Balaban J connectivity index is 1.54. The zero-order valence-corrected chi connectivity index (χ0v) is 22.0. The third-order valence-electron chi connectivity index (χ3n) is 6.84. The van der Waals surface area contributed by atoms with Crippen LogP contribution in [0.15, 0.2) is 66.2 Å². The fraction of sp³-hybridized carbons (Fsp3) is 0.233. The Kier molecular flexibility index (Phi) is 5.91. The van der Waals surface area contributed by atoms with E-state index in [1.165, 1.54) is 16.2 Å². The van der Waals surface area contributed by atoms with Crippen LogP contribution in [0.4, 0.5) is 5.13 Å².